The normalized spacial score (nSPS) is 14.2. The number of benzene rings is 1. The molecule has 0 saturated heterocycles. The fourth-order valence-electron chi connectivity index (χ4n) is 2.75. The van der Waals surface area contributed by atoms with Gasteiger partial charge in [0.1, 0.15) is 5.75 Å². The molecule has 0 aliphatic carbocycles. The molecule has 2 heteroatoms. The Morgan fingerprint density at radius 2 is 1.63 bits per heavy atom. The number of hydrogen-bond donors (Lipinski definition) is 0. The van der Waals surface area contributed by atoms with E-state index in [1.54, 1.807) is 0 Å². The second kappa shape index (κ2) is 9.10. The van der Waals surface area contributed by atoms with E-state index >= 15 is 0 Å². The fourth-order valence-corrected chi connectivity index (χ4v) is 3.78. The zero-order chi connectivity index (χ0) is 20.9. The van der Waals surface area contributed by atoms with Gasteiger partial charge in [0.2, 0.25) is 8.32 Å². The molecule has 1 atom stereocenters. The van der Waals surface area contributed by atoms with E-state index in [-0.39, 0.29) is 10.5 Å². The lowest BCUT2D eigenvalue weighted by molar-refractivity contribution is 0.407. The van der Waals surface area contributed by atoms with Crippen molar-refractivity contribution in [3.05, 3.63) is 60.7 Å². The highest BCUT2D eigenvalue weighted by atomic mass is 28.4. The SMILES string of the molecule is C=CC(C)(CCC=C(C)C)CC(=C)c1ccc(O[Si](C)(C)C(C)(C)C)cc1. The smallest absolute Gasteiger partial charge is 0.250 e. The first-order chi connectivity index (χ1) is 12.3. The monoisotopic (exact) mass is 384 g/mol. The quantitative estimate of drug-likeness (QED) is 0.306. The lowest BCUT2D eigenvalue weighted by Gasteiger charge is -2.36. The van der Waals surface area contributed by atoms with E-state index in [1.807, 2.05) is 0 Å². The first kappa shape index (κ1) is 23.5. The zero-order valence-electron chi connectivity index (χ0n) is 18.9. The van der Waals surface area contributed by atoms with Gasteiger partial charge >= 0.3 is 0 Å². The Morgan fingerprint density at radius 1 is 1.07 bits per heavy atom. The molecule has 0 spiro atoms. The summed E-state index contributed by atoms with van der Waals surface area (Å²) in [5.41, 5.74) is 3.79. The van der Waals surface area contributed by atoms with E-state index in [0.29, 0.717) is 0 Å². The number of hydrogen-bond acceptors (Lipinski definition) is 1. The van der Waals surface area contributed by atoms with Crippen molar-refractivity contribution in [2.75, 3.05) is 0 Å². The Labute approximate surface area is 169 Å². The molecule has 27 heavy (non-hydrogen) atoms. The fraction of sp³-hybridized carbons (Fsp3) is 0.520. The molecule has 150 valence electrons. The van der Waals surface area contributed by atoms with Crippen molar-refractivity contribution in [1.29, 1.82) is 0 Å². The molecule has 1 rings (SSSR count). The maximum absolute atomic E-state index is 6.39. The highest BCUT2D eigenvalue weighted by Crippen LogP contribution is 2.38. The Bertz CT molecular complexity index is 669. The Balaban J connectivity index is 2.81. The first-order valence-corrected chi connectivity index (χ1v) is 12.9. The predicted molar refractivity (Wildman–Crippen MR) is 125 cm³/mol. The average Bonchev–Trinajstić information content (AvgIpc) is 2.53. The van der Waals surface area contributed by atoms with Gasteiger partial charge in [-0.25, -0.2) is 0 Å². The molecule has 0 N–H and O–H groups in total. The van der Waals surface area contributed by atoms with Crippen LogP contribution >= 0.6 is 0 Å². The van der Waals surface area contributed by atoms with E-state index in [9.17, 15) is 0 Å². The molecule has 0 radical (unpaired) electrons. The third-order valence-corrected chi connectivity index (χ3v) is 10.2. The van der Waals surface area contributed by atoms with Gasteiger partial charge in [-0.3, -0.25) is 0 Å². The van der Waals surface area contributed by atoms with Crippen molar-refractivity contribution in [2.24, 2.45) is 5.41 Å². The summed E-state index contributed by atoms with van der Waals surface area (Å²) in [5.74, 6) is 0.966. The summed E-state index contributed by atoms with van der Waals surface area (Å²) in [4.78, 5) is 0. The Hall–Kier alpha value is -1.54. The minimum Gasteiger partial charge on any atom is -0.544 e. The van der Waals surface area contributed by atoms with Crippen LogP contribution in [0.3, 0.4) is 0 Å². The standard InChI is InChI=1S/C25H40OSi/c1-11-25(8,18-12-13-20(2)3)19-21(4)22-14-16-23(17-15-22)26-27(9,10)24(5,6)7/h11,13-17H,1,4,12,18-19H2,2-3,5-10H3. The molecule has 1 aromatic rings. The predicted octanol–water partition coefficient (Wildman–Crippen LogP) is 8.41. The number of allylic oxidation sites excluding steroid dienone is 4. The van der Waals surface area contributed by atoms with E-state index in [4.69, 9.17) is 4.43 Å². The van der Waals surface area contributed by atoms with Crippen molar-refractivity contribution in [2.45, 2.75) is 78.9 Å². The van der Waals surface area contributed by atoms with Crippen LogP contribution in [0, 0.1) is 5.41 Å². The maximum Gasteiger partial charge on any atom is 0.250 e. The van der Waals surface area contributed by atoms with Crippen LogP contribution in [0.25, 0.3) is 5.57 Å². The van der Waals surface area contributed by atoms with Gasteiger partial charge in [0.25, 0.3) is 0 Å². The average molecular weight is 385 g/mol. The maximum atomic E-state index is 6.39. The summed E-state index contributed by atoms with van der Waals surface area (Å²) in [6.45, 7) is 26.4. The molecule has 0 amide bonds. The van der Waals surface area contributed by atoms with Gasteiger partial charge in [-0.15, -0.1) is 6.58 Å². The topological polar surface area (TPSA) is 9.23 Å². The summed E-state index contributed by atoms with van der Waals surface area (Å²) in [6.07, 6.45) is 7.49. The van der Waals surface area contributed by atoms with Crippen molar-refractivity contribution in [1.82, 2.24) is 0 Å². The molecule has 1 nitrogen and oxygen atoms in total. The van der Waals surface area contributed by atoms with E-state index < -0.39 is 8.32 Å². The highest BCUT2D eigenvalue weighted by molar-refractivity contribution is 6.74. The summed E-state index contributed by atoms with van der Waals surface area (Å²) in [6, 6.07) is 8.47. The summed E-state index contributed by atoms with van der Waals surface area (Å²) in [7, 11) is -1.80. The molecule has 1 aromatic carbocycles. The van der Waals surface area contributed by atoms with Crippen LogP contribution in [-0.2, 0) is 0 Å². The van der Waals surface area contributed by atoms with Gasteiger partial charge in [0.05, 0.1) is 0 Å². The van der Waals surface area contributed by atoms with Gasteiger partial charge in [-0.2, -0.15) is 0 Å². The summed E-state index contributed by atoms with van der Waals surface area (Å²) in [5, 5.41) is 0.201. The van der Waals surface area contributed by atoms with Crippen LogP contribution in [-0.4, -0.2) is 8.32 Å². The molecule has 0 bridgehead atoms. The van der Waals surface area contributed by atoms with Gasteiger partial charge in [-0.05, 0) is 79.9 Å². The van der Waals surface area contributed by atoms with Crippen LogP contribution < -0.4 is 4.43 Å². The Kier molecular flexibility index (Phi) is 7.92. The van der Waals surface area contributed by atoms with Crippen LogP contribution in [0.4, 0.5) is 0 Å². The van der Waals surface area contributed by atoms with Gasteiger partial charge in [0, 0.05) is 0 Å². The van der Waals surface area contributed by atoms with Crippen molar-refractivity contribution in [3.8, 4) is 5.75 Å². The van der Waals surface area contributed by atoms with Crippen LogP contribution in [0.15, 0.2) is 55.1 Å². The molecule has 0 saturated carbocycles. The van der Waals surface area contributed by atoms with E-state index in [0.717, 1.165) is 30.6 Å². The second-order valence-electron chi connectivity index (χ2n) is 9.85. The van der Waals surface area contributed by atoms with Crippen molar-refractivity contribution in [3.63, 3.8) is 0 Å². The minimum absolute atomic E-state index is 0.0688. The molecule has 0 aliphatic heterocycles. The van der Waals surface area contributed by atoms with Gasteiger partial charge < -0.3 is 4.43 Å². The minimum atomic E-state index is -1.80. The third kappa shape index (κ3) is 7.18. The molecule has 0 heterocycles. The largest absolute Gasteiger partial charge is 0.544 e. The van der Waals surface area contributed by atoms with Crippen molar-refractivity contribution >= 4 is 13.9 Å². The zero-order valence-corrected chi connectivity index (χ0v) is 19.9. The van der Waals surface area contributed by atoms with Crippen LogP contribution in [0.2, 0.25) is 18.1 Å². The second-order valence-corrected chi connectivity index (χ2v) is 14.6. The molecular weight excluding hydrogens is 344 g/mol. The summed E-state index contributed by atoms with van der Waals surface area (Å²) >= 11 is 0. The van der Waals surface area contributed by atoms with E-state index in [2.05, 4.69) is 104 Å². The molecular formula is C25H40OSi. The van der Waals surface area contributed by atoms with Crippen LogP contribution in [0.5, 0.6) is 5.75 Å². The van der Waals surface area contributed by atoms with Gasteiger partial charge in [0.15, 0.2) is 0 Å². The Morgan fingerprint density at radius 3 is 2.07 bits per heavy atom. The molecule has 0 aliphatic rings. The number of rotatable bonds is 9. The van der Waals surface area contributed by atoms with Crippen molar-refractivity contribution < 1.29 is 4.43 Å². The lowest BCUT2D eigenvalue weighted by Crippen LogP contribution is -2.43. The lowest BCUT2D eigenvalue weighted by atomic mass is 9.78. The van der Waals surface area contributed by atoms with Gasteiger partial charge in [-0.1, -0.05) is 64.1 Å². The highest BCUT2D eigenvalue weighted by Gasteiger charge is 2.38. The molecule has 0 aromatic heterocycles. The summed E-state index contributed by atoms with van der Waals surface area (Å²) < 4.78 is 6.39. The van der Waals surface area contributed by atoms with Crippen LogP contribution in [0.1, 0.15) is 66.4 Å². The molecule has 0 fully saturated rings. The molecule has 1 unspecified atom stereocenters. The first-order valence-electron chi connectivity index (χ1n) is 10.0. The third-order valence-electron chi connectivity index (χ3n) is 5.82. The van der Waals surface area contributed by atoms with E-state index in [1.165, 1.54) is 11.1 Å².